The molecule has 0 bridgehead atoms. The van der Waals surface area contributed by atoms with Crippen LogP contribution in [0, 0.1) is 5.92 Å². The Morgan fingerprint density at radius 3 is 1.80 bits per heavy atom. The van der Waals surface area contributed by atoms with Gasteiger partial charge in [-0.3, -0.25) is 24.7 Å². The zero-order chi connectivity index (χ0) is 38.2. The average molecular weight is 775 g/mol. The fourth-order valence-corrected chi connectivity index (χ4v) is 10.3. The highest BCUT2D eigenvalue weighted by Crippen LogP contribution is 2.66. The number of aromatic nitrogens is 4. The second kappa shape index (κ2) is 15.3. The van der Waals surface area contributed by atoms with Crippen molar-refractivity contribution in [1.29, 1.82) is 0 Å². The van der Waals surface area contributed by atoms with E-state index in [1.165, 1.54) is 5.56 Å². The van der Waals surface area contributed by atoms with E-state index < -0.39 is 0 Å². The maximum absolute atomic E-state index is 12.6. The number of hydrogen-bond acceptors (Lipinski definition) is 9. The highest BCUT2D eigenvalue weighted by atomic mass is 32.2. The van der Waals surface area contributed by atoms with Crippen molar-refractivity contribution in [3.63, 3.8) is 0 Å². The number of amides is 2. The lowest BCUT2D eigenvalue weighted by atomic mass is 9.50. The number of fused-ring (bicyclic) bond motifs is 2. The number of rotatable bonds is 10. The van der Waals surface area contributed by atoms with E-state index in [9.17, 15) is 9.59 Å². The molecule has 10 nitrogen and oxygen atoms in total. The van der Waals surface area contributed by atoms with Crippen molar-refractivity contribution < 1.29 is 9.59 Å². The Labute approximate surface area is 332 Å². The van der Waals surface area contributed by atoms with Crippen molar-refractivity contribution in [3.05, 3.63) is 167 Å². The predicted molar refractivity (Wildman–Crippen MR) is 220 cm³/mol. The van der Waals surface area contributed by atoms with Crippen molar-refractivity contribution in [3.8, 4) is 0 Å². The van der Waals surface area contributed by atoms with Gasteiger partial charge in [0.25, 0.3) is 11.8 Å². The highest BCUT2D eigenvalue weighted by Gasteiger charge is 2.58. The summed E-state index contributed by atoms with van der Waals surface area (Å²) in [4.78, 5) is 38.9. The van der Waals surface area contributed by atoms with Crippen LogP contribution in [0.4, 0.5) is 5.69 Å². The second-order valence-corrected chi connectivity index (χ2v) is 16.1. The molecule has 1 aliphatic carbocycles. The lowest BCUT2D eigenvalue weighted by Crippen LogP contribution is -2.48. The minimum Gasteiger partial charge on any atom is -0.355 e. The molecule has 2 aliphatic rings. The molecule has 0 radical (unpaired) electrons. The zero-order valence-electron chi connectivity index (χ0n) is 30.6. The lowest BCUT2D eigenvalue weighted by molar-refractivity contribution is 0.0952. The van der Waals surface area contributed by atoms with E-state index in [2.05, 4.69) is 87.2 Å². The van der Waals surface area contributed by atoms with Crippen LogP contribution in [0.3, 0.4) is 0 Å². The normalized spacial score (nSPS) is 19.8. The molecule has 12 heteroatoms. The van der Waals surface area contributed by atoms with E-state index in [0.717, 1.165) is 53.3 Å². The van der Waals surface area contributed by atoms with Gasteiger partial charge < -0.3 is 16.1 Å². The number of aromatic amines is 1. The smallest absolute Gasteiger partial charge is 0.252 e. The quantitative estimate of drug-likeness (QED) is 0.0930. The number of H-pyrrole nitrogens is 1. The third kappa shape index (κ3) is 6.49. The molecule has 3 unspecified atom stereocenters. The van der Waals surface area contributed by atoms with Gasteiger partial charge >= 0.3 is 0 Å². The molecule has 2 amide bonds. The number of carbonyl (C=O) groups excluding carboxylic acids is 2. The largest absolute Gasteiger partial charge is 0.355 e. The van der Waals surface area contributed by atoms with Crippen LogP contribution >= 0.6 is 23.5 Å². The van der Waals surface area contributed by atoms with Gasteiger partial charge in [0.05, 0.1) is 34.1 Å². The molecular formula is C44H38N8O2S2. The summed E-state index contributed by atoms with van der Waals surface area (Å²) >= 11 is 3.13. The first-order valence-corrected chi connectivity index (χ1v) is 20.1. The highest BCUT2D eigenvalue weighted by molar-refractivity contribution is 7.99. The number of carbonyl (C=O) groups is 2. The van der Waals surface area contributed by atoms with Crippen LogP contribution in [0.25, 0.3) is 10.9 Å². The first-order valence-electron chi connectivity index (χ1n) is 18.5. The van der Waals surface area contributed by atoms with E-state index in [-0.39, 0.29) is 41.5 Å². The summed E-state index contributed by atoms with van der Waals surface area (Å²) in [5, 5.41) is 14.9. The number of nitrogens with one attached hydrogen (secondary N) is 5. The molecule has 4 aromatic carbocycles. The topological polar surface area (TPSA) is 137 Å². The Bertz CT molecular complexity index is 2520. The van der Waals surface area contributed by atoms with Crippen molar-refractivity contribution in [2.45, 2.75) is 43.4 Å². The Hall–Kier alpha value is -5.95. The molecule has 1 fully saturated rings. The molecule has 3 atom stereocenters. The number of benzene rings is 4. The summed E-state index contributed by atoms with van der Waals surface area (Å²) in [5.41, 5.74) is 14.6. The first kappa shape index (κ1) is 35.7. The number of hydrogen-bond donors (Lipinski definition) is 5. The molecule has 9 rings (SSSR count). The minimum atomic E-state index is -0.115. The van der Waals surface area contributed by atoms with E-state index >= 15 is 0 Å². The van der Waals surface area contributed by atoms with Crippen LogP contribution in [-0.4, -0.2) is 46.1 Å². The van der Waals surface area contributed by atoms with Crippen LogP contribution < -0.4 is 21.5 Å². The van der Waals surface area contributed by atoms with Gasteiger partial charge in [0.2, 0.25) is 0 Å². The summed E-state index contributed by atoms with van der Waals surface area (Å²) in [5.74, 6) is -0.135. The van der Waals surface area contributed by atoms with E-state index in [1.54, 1.807) is 37.6 Å². The van der Waals surface area contributed by atoms with Gasteiger partial charge in [0.1, 0.15) is 0 Å². The number of anilines is 1. The molecule has 0 saturated heterocycles. The molecule has 3 aromatic heterocycles. The summed E-state index contributed by atoms with van der Waals surface area (Å²) in [6.07, 6.45) is 3.74. The SMILES string of the molecule is CNC(=O)c1ccccc1Sc1ccc2c(c1)NNC2C1C(c2ccccn2)C(c2n[nH]c3cc(Sc4ccccc4C(=O)NC)ccc23)C1c1ccccn1. The molecule has 0 spiro atoms. The standard InChI is InChI=1S/C44H38N8O2S2/c1-45-43(53)29-11-3-5-15-35(29)55-25-17-19-27-33(23-25)49-51-41(27)39-37(31-13-7-9-21-47-31)40(38(39)32-14-8-10-22-48-32)42-28-20-18-26(24-34(28)50-52-42)56-36-16-6-4-12-30(36)44(54)46-2/h3-24,37-41,49,51H,1-2H3,(H,45,53)(H,46,54)(H,50,52). The molecular weight excluding hydrogens is 737 g/mol. The fraction of sp³-hybridized carbons (Fsp3) is 0.159. The summed E-state index contributed by atoms with van der Waals surface area (Å²) in [7, 11) is 3.30. The number of hydrazine groups is 1. The van der Waals surface area contributed by atoms with E-state index in [1.807, 2.05) is 73.1 Å². The second-order valence-electron chi connectivity index (χ2n) is 13.8. The first-order chi connectivity index (χ1) is 27.5. The monoisotopic (exact) mass is 774 g/mol. The Balaban J connectivity index is 1.08. The Morgan fingerprint density at radius 2 is 1.21 bits per heavy atom. The van der Waals surface area contributed by atoms with Crippen molar-refractivity contribution >= 4 is 51.9 Å². The summed E-state index contributed by atoms with van der Waals surface area (Å²) in [6, 6.07) is 40.4. The lowest BCUT2D eigenvalue weighted by Gasteiger charge is -2.53. The van der Waals surface area contributed by atoms with Crippen LogP contribution in [0.15, 0.2) is 153 Å². The van der Waals surface area contributed by atoms with Crippen molar-refractivity contribution in [2.75, 3.05) is 19.5 Å². The zero-order valence-corrected chi connectivity index (χ0v) is 32.2. The van der Waals surface area contributed by atoms with Crippen molar-refractivity contribution in [1.82, 2.24) is 36.2 Å². The minimum absolute atomic E-state index is 0.0157. The Morgan fingerprint density at radius 1 is 0.643 bits per heavy atom. The summed E-state index contributed by atoms with van der Waals surface area (Å²) < 4.78 is 0. The predicted octanol–water partition coefficient (Wildman–Crippen LogP) is 8.33. The van der Waals surface area contributed by atoms with Gasteiger partial charge in [0, 0.05) is 80.6 Å². The van der Waals surface area contributed by atoms with Gasteiger partial charge in [-0.25, -0.2) is 5.43 Å². The molecule has 1 saturated carbocycles. The summed E-state index contributed by atoms with van der Waals surface area (Å²) in [6.45, 7) is 0. The van der Waals surface area contributed by atoms with Gasteiger partial charge in [-0.2, -0.15) is 5.10 Å². The maximum Gasteiger partial charge on any atom is 0.252 e. The van der Waals surface area contributed by atoms with Gasteiger partial charge in [0.15, 0.2) is 0 Å². The fourth-order valence-electron chi connectivity index (χ4n) is 8.31. The third-order valence-corrected chi connectivity index (χ3v) is 13.0. The Kier molecular flexibility index (Phi) is 9.76. The maximum atomic E-state index is 12.6. The molecule has 5 N–H and O–H groups in total. The molecule has 1 aliphatic heterocycles. The molecule has 7 aromatic rings. The number of nitrogens with zero attached hydrogens (tertiary/aromatic N) is 3. The molecule has 4 heterocycles. The van der Waals surface area contributed by atoms with Crippen LogP contribution in [0.2, 0.25) is 0 Å². The van der Waals surface area contributed by atoms with Crippen LogP contribution in [-0.2, 0) is 0 Å². The van der Waals surface area contributed by atoms with Crippen LogP contribution in [0.1, 0.15) is 67.2 Å². The average Bonchev–Trinajstić information content (AvgIpc) is 3.84. The number of pyridine rings is 2. The van der Waals surface area contributed by atoms with Crippen LogP contribution in [0.5, 0.6) is 0 Å². The molecule has 56 heavy (non-hydrogen) atoms. The molecule has 278 valence electrons. The van der Waals surface area contributed by atoms with Gasteiger partial charge in [-0.15, -0.1) is 0 Å². The van der Waals surface area contributed by atoms with E-state index in [4.69, 9.17) is 15.1 Å². The third-order valence-electron chi connectivity index (χ3n) is 10.8. The van der Waals surface area contributed by atoms with Gasteiger partial charge in [-0.1, -0.05) is 66.0 Å². The van der Waals surface area contributed by atoms with Gasteiger partial charge in [-0.05, 0) is 90.3 Å². The van der Waals surface area contributed by atoms with Crippen molar-refractivity contribution in [2.24, 2.45) is 5.92 Å². The van der Waals surface area contributed by atoms with E-state index in [0.29, 0.717) is 11.1 Å².